The first-order valence-electron chi connectivity index (χ1n) is 5.08. The molecule has 0 bridgehead atoms. The minimum atomic E-state index is 0.367. The van der Waals surface area contributed by atoms with Crippen LogP contribution in [-0.2, 0) is 4.79 Å². The van der Waals surface area contributed by atoms with Gasteiger partial charge in [-0.2, -0.15) is 0 Å². The first kappa shape index (κ1) is 8.24. The van der Waals surface area contributed by atoms with Crippen LogP contribution < -0.4 is 5.32 Å². The van der Waals surface area contributed by atoms with Gasteiger partial charge in [0.1, 0.15) is 5.78 Å². The Hall–Kier alpha value is -0.370. The van der Waals surface area contributed by atoms with Gasteiger partial charge < -0.3 is 5.32 Å². The van der Waals surface area contributed by atoms with Gasteiger partial charge in [-0.3, -0.25) is 4.79 Å². The molecule has 12 heavy (non-hydrogen) atoms. The summed E-state index contributed by atoms with van der Waals surface area (Å²) < 4.78 is 0. The lowest BCUT2D eigenvalue weighted by atomic mass is 9.76. The maximum absolute atomic E-state index is 11.1. The maximum atomic E-state index is 11.1. The molecule has 1 saturated heterocycles. The Balaban J connectivity index is 1.96. The van der Waals surface area contributed by atoms with Gasteiger partial charge in [-0.05, 0) is 32.2 Å². The van der Waals surface area contributed by atoms with Crippen LogP contribution in [0, 0.1) is 0 Å². The highest BCUT2D eigenvalue weighted by Gasteiger charge is 2.34. The number of rotatable bonds is 0. The average Bonchev–Trinajstić information content (AvgIpc) is 2.13. The minimum absolute atomic E-state index is 0.367. The maximum Gasteiger partial charge on any atom is 0.133 e. The number of carbonyl (C=O) groups is 1. The number of carbonyl (C=O) groups excluding carboxylic acids is 1. The summed E-state index contributed by atoms with van der Waals surface area (Å²) in [5, 5.41) is 3.60. The van der Waals surface area contributed by atoms with Crippen LogP contribution in [0.4, 0.5) is 0 Å². The van der Waals surface area contributed by atoms with Crippen LogP contribution >= 0.6 is 0 Å². The van der Waals surface area contributed by atoms with Gasteiger partial charge in [-0.1, -0.05) is 6.42 Å². The van der Waals surface area contributed by atoms with E-state index in [-0.39, 0.29) is 0 Å². The summed E-state index contributed by atoms with van der Waals surface area (Å²) in [4.78, 5) is 11.1. The van der Waals surface area contributed by atoms with Crippen molar-refractivity contribution < 1.29 is 4.79 Å². The zero-order valence-electron chi connectivity index (χ0n) is 7.57. The molecule has 0 radical (unpaired) electrons. The Labute approximate surface area is 73.7 Å². The van der Waals surface area contributed by atoms with Gasteiger partial charge in [0.05, 0.1) is 0 Å². The monoisotopic (exact) mass is 167 g/mol. The number of piperidine rings is 1. The molecule has 0 aromatic carbocycles. The third-order valence-electron chi connectivity index (χ3n) is 3.35. The second-order valence-corrected chi connectivity index (χ2v) is 4.20. The summed E-state index contributed by atoms with van der Waals surface area (Å²) >= 11 is 0. The van der Waals surface area contributed by atoms with Crippen molar-refractivity contribution in [3.05, 3.63) is 0 Å². The Morgan fingerprint density at radius 2 is 1.83 bits per heavy atom. The van der Waals surface area contributed by atoms with Crippen molar-refractivity contribution in [2.75, 3.05) is 6.54 Å². The van der Waals surface area contributed by atoms with Crippen molar-refractivity contribution in [1.29, 1.82) is 0 Å². The van der Waals surface area contributed by atoms with Crippen molar-refractivity contribution in [3.8, 4) is 0 Å². The predicted octanol–water partition coefficient (Wildman–Crippen LogP) is 1.64. The van der Waals surface area contributed by atoms with Crippen molar-refractivity contribution >= 4 is 5.78 Å². The molecule has 0 atom stereocenters. The molecule has 0 amide bonds. The van der Waals surface area contributed by atoms with E-state index in [0.29, 0.717) is 11.3 Å². The van der Waals surface area contributed by atoms with Gasteiger partial charge in [0.2, 0.25) is 0 Å². The SMILES string of the molecule is O=C1CCC2(CCCCN2)CC1. The summed E-state index contributed by atoms with van der Waals surface area (Å²) in [5.74, 6) is 0.466. The van der Waals surface area contributed by atoms with Crippen molar-refractivity contribution in [2.24, 2.45) is 0 Å². The fourth-order valence-corrected chi connectivity index (χ4v) is 2.46. The smallest absolute Gasteiger partial charge is 0.133 e. The molecule has 1 N–H and O–H groups in total. The van der Waals surface area contributed by atoms with Gasteiger partial charge in [0.25, 0.3) is 0 Å². The van der Waals surface area contributed by atoms with Crippen molar-refractivity contribution in [1.82, 2.24) is 5.32 Å². The number of hydrogen-bond acceptors (Lipinski definition) is 2. The average molecular weight is 167 g/mol. The van der Waals surface area contributed by atoms with E-state index in [1.54, 1.807) is 0 Å². The number of nitrogens with one attached hydrogen (secondary N) is 1. The van der Waals surface area contributed by atoms with Crippen LogP contribution in [0.25, 0.3) is 0 Å². The molecule has 1 spiro atoms. The normalized spacial score (nSPS) is 29.2. The van der Waals surface area contributed by atoms with E-state index in [2.05, 4.69) is 5.32 Å². The van der Waals surface area contributed by atoms with Crippen molar-refractivity contribution in [2.45, 2.75) is 50.5 Å². The third-order valence-corrected chi connectivity index (χ3v) is 3.35. The standard InChI is InChI=1S/C10H17NO/c12-9-3-6-10(7-4-9)5-1-2-8-11-10/h11H,1-8H2. The van der Waals surface area contributed by atoms with Crippen LogP contribution in [-0.4, -0.2) is 17.9 Å². The molecule has 0 aromatic rings. The molecule has 1 aliphatic heterocycles. The second-order valence-electron chi connectivity index (χ2n) is 4.20. The molecule has 2 aliphatic rings. The Morgan fingerprint density at radius 3 is 2.42 bits per heavy atom. The summed E-state index contributed by atoms with van der Waals surface area (Å²) in [6, 6.07) is 0. The highest BCUT2D eigenvalue weighted by Crippen LogP contribution is 2.32. The highest BCUT2D eigenvalue weighted by atomic mass is 16.1. The lowest BCUT2D eigenvalue weighted by Gasteiger charge is -2.41. The summed E-state index contributed by atoms with van der Waals surface area (Å²) in [6.45, 7) is 1.16. The fourth-order valence-electron chi connectivity index (χ4n) is 2.46. The van der Waals surface area contributed by atoms with E-state index in [1.807, 2.05) is 0 Å². The molecule has 1 heterocycles. The molecule has 2 nitrogen and oxygen atoms in total. The molecule has 2 heteroatoms. The first-order chi connectivity index (χ1) is 5.81. The Morgan fingerprint density at radius 1 is 1.08 bits per heavy atom. The van der Waals surface area contributed by atoms with E-state index < -0.39 is 0 Å². The third kappa shape index (κ3) is 1.53. The highest BCUT2D eigenvalue weighted by molar-refractivity contribution is 5.79. The molecule has 0 unspecified atom stereocenters. The van der Waals surface area contributed by atoms with Crippen molar-refractivity contribution in [3.63, 3.8) is 0 Å². The summed E-state index contributed by atoms with van der Waals surface area (Å²) in [7, 11) is 0. The molecule has 1 aliphatic carbocycles. The molecule has 0 aromatic heterocycles. The summed E-state index contributed by atoms with van der Waals surface area (Å²) in [6.07, 6.45) is 7.76. The lowest BCUT2D eigenvalue weighted by Crippen LogP contribution is -2.50. The molecular formula is C10H17NO. The quantitative estimate of drug-likeness (QED) is 0.594. The van der Waals surface area contributed by atoms with E-state index in [4.69, 9.17) is 0 Å². The van der Waals surface area contributed by atoms with Crippen LogP contribution in [0.1, 0.15) is 44.9 Å². The Bertz CT molecular complexity index is 170. The number of ketones is 1. The van der Waals surface area contributed by atoms with Crippen LogP contribution in [0.5, 0.6) is 0 Å². The predicted molar refractivity (Wildman–Crippen MR) is 48.1 cm³/mol. The Kier molecular flexibility index (Phi) is 2.18. The van der Waals surface area contributed by atoms with E-state index in [0.717, 1.165) is 32.2 Å². The fraction of sp³-hybridized carbons (Fsp3) is 0.900. The molecule has 68 valence electrons. The van der Waals surface area contributed by atoms with E-state index in [9.17, 15) is 4.79 Å². The van der Waals surface area contributed by atoms with Gasteiger partial charge in [0, 0.05) is 18.4 Å². The van der Waals surface area contributed by atoms with E-state index in [1.165, 1.54) is 19.3 Å². The van der Waals surface area contributed by atoms with Crippen LogP contribution in [0.15, 0.2) is 0 Å². The largest absolute Gasteiger partial charge is 0.311 e. The first-order valence-corrected chi connectivity index (χ1v) is 5.08. The molecule has 1 saturated carbocycles. The van der Waals surface area contributed by atoms with Crippen LogP contribution in [0.2, 0.25) is 0 Å². The van der Waals surface area contributed by atoms with Gasteiger partial charge in [-0.25, -0.2) is 0 Å². The van der Waals surface area contributed by atoms with Gasteiger partial charge >= 0.3 is 0 Å². The molecular weight excluding hydrogens is 150 g/mol. The zero-order chi connectivity index (χ0) is 8.44. The van der Waals surface area contributed by atoms with Crippen LogP contribution in [0.3, 0.4) is 0 Å². The lowest BCUT2D eigenvalue weighted by molar-refractivity contribution is -0.121. The van der Waals surface area contributed by atoms with Gasteiger partial charge in [-0.15, -0.1) is 0 Å². The molecule has 2 fully saturated rings. The molecule has 2 rings (SSSR count). The zero-order valence-corrected chi connectivity index (χ0v) is 7.57. The van der Waals surface area contributed by atoms with E-state index >= 15 is 0 Å². The number of hydrogen-bond donors (Lipinski definition) is 1. The number of Topliss-reactive ketones (excluding diaryl/α,β-unsaturated/α-hetero) is 1. The van der Waals surface area contributed by atoms with Gasteiger partial charge in [0.15, 0.2) is 0 Å². The topological polar surface area (TPSA) is 29.1 Å². The summed E-state index contributed by atoms with van der Waals surface area (Å²) in [5.41, 5.74) is 0.367. The minimum Gasteiger partial charge on any atom is -0.311 e. The second kappa shape index (κ2) is 3.17.